The highest BCUT2D eigenvalue weighted by Crippen LogP contribution is 2.28. The van der Waals surface area contributed by atoms with Crippen LogP contribution in [0.5, 0.6) is 0 Å². The number of halogens is 1. The Kier molecular flexibility index (Phi) is 5.53. The summed E-state index contributed by atoms with van der Waals surface area (Å²) in [6, 6.07) is 6.77. The molecule has 3 heterocycles. The van der Waals surface area contributed by atoms with Crippen LogP contribution < -0.4 is 0 Å². The molecule has 1 N–H and O–H groups in total. The van der Waals surface area contributed by atoms with Crippen LogP contribution in [0.1, 0.15) is 54.3 Å². The number of hydrogen-bond donors (Lipinski definition) is 1. The van der Waals surface area contributed by atoms with Gasteiger partial charge in [0.15, 0.2) is 0 Å². The van der Waals surface area contributed by atoms with Crippen LogP contribution in [0.2, 0.25) is 5.15 Å². The highest BCUT2D eigenvalue weighted by Gasteiger charge is 2.29. The number of furan rings is 1. The summed E-state index contributed by atoms with van der Waals surface area (Å²) >= 11 is 5.91. The first-order valence-electron chi connectivity index (χ1n) is 8.29. The van der Waals surface area contributed by atoms with Crippen molar-refractivity contribution in [1.82, 2.24) is 9.88 Å². The Morgan fingerprint density at radius 3 is 3.04 bits per heavy atom. The number of likely N-dealkylation sites (tertiary alicyclic amines) is 1. The fourth-order valence-corrected chi connectivity index (χ4v) is 3.42. The largest absolute Gasteiger partial charge is 0.467 e. The molecule has 0 aromatic carbocycles. The van der Waals surface area contributed by atoms with E-state index in [9.17, 15) is 9.90 Å². The minimum absolute atomic E-state index is 0.0213. The lowest BCUT2D eigenvalue weighted by Gasteiger charge is -2.31. The molecule has 3 rings (SSSR count). The average Bonchev–Trinajstić information content (AvgIpc) is 3.02. The number of carbonyl (C=O) groups is 1. The monoisotopic (exact) mass is 348 g/mol. The first-order valence-corrected chi connectivity index (χ1v) is 8.67. The van der Waals surface area contributed by atoms with Crippen molar-refractivity contribution in [2.24, 2.45) is 0 Å². The van der Waals surface area contributed by atoms with Gasteiger partial charge in [0.2, 0.25) is 0 Å². The molecular formula is C18H21ClN2O3. The van der Waals surface area contributed by atoms with Crippen molar-refractivity contribution in [3.8, 4) is 0 Å². The number of amides is 1. The molecule has 0 saturated carbocycles. The van der Waals surface area contributed by atoms with Crippen molar-refractivity contribution in [1.29, 1.82) is 0 Å². The van der Waals surface area contributed by atoms with Gasteiger partial charge in [0.25, 0.3) is 5.91 Å². The van der Waals surface area contributed by atoms with Crippen molar-refractivity contribution in [3.63, 3.8) is 0 Å². The molecule has 1 amide bonds. The molecule has 1 saturated heterocycles. The van der Waals surface area contributed by atoms with Gasteiger partial charge in [-0.3, -0.25) is 4.79 Å². The van der Waals surface area contributed by atoms with E-state index in [1.165, 1.54) is 0 Å². The van der Waals surface area contributed by atoms with E-state index in [2.05, 4.69) is 4.98 Å². The fraction of sp³-hybridized carbons (Fsp3) is 0.444. The molecule has 2 unspecified atom stereocenters. The molecule has 1 aliphatic rings. The lowest BCUT2D eigenvalue weighted by Crippen LogP contribution is -2.41. The maximum Gasteiger partial charge on any atom is 0.254 e. The Balaban J connectivity index is 1.78. The lowest BCUT2D eigenvalue weighted by atomic mass is 10.0. The zero-order valence-corrected chi connectivity index (χ0v) is 14.2. The van der Waals surface area contributed by atoms with Gasteiger partial charge in [0.05, 0.1) is 6.26 Å². The Hall–Kier alpha value is -1.85. The summed E-state index contributed by atoms with van der Waals surface area (Å²) in [5, 5.41) is 10.7. The summed E-state index contributed by atoms with van der Waals surface area (Å²) in [4.78, 5) is 18.7. The number of aromatic nitrogens is 1. The quantitative estimate of drug-likeness (QED) is 0.852. The number of hydrogen-bond acceptors (Lipinski definition) is 4. The Morgan fingerprint density at radius 1 is 1.42 bits per heavy atom. The summed E-state index contributed by atoms with van der Waals surface area (Å²) in [7, 11) is 0. The highest BCUT2D eigenvalue weighted by atomic mass is 35.5. The maximum absolute atomic E-state index is 12.9. The van der Waals surface area contributed by atoms with Gasteiger partial charge in [0, 0.05) is 30.8 Å². The van der Waals surface area contributed by atoms with Crippen LogP contribution in [0.4, 0.5) is 0 Å². The van der Waals surface area contributed by atoms with E-state index >= 15 is 0 Å². The van der Waals surface area contributed by atoms with E-state index in [1.807, 2.05) is 4.90 Å². The number of nitrogens with zero attached hydrogens (tertiary/aromatic N) is 2. The SMILES string of the molecule is O=C(c1ccnc(Cl)c1)N1CCCCCC1CC(O)c1ccco1. The second-order valence-corrected chi connectivity index (χ2v) is 6.52. The maximum atomic E-state index is 12.9. The first-order chi connectivity index (χ1) is 11.6. The van der Waals surface area contributed by atoms with Crippen LogP contribution in [0.25, 0.3) is 0 Å². The molecule has 2 aromatic rings. The summed E-state index contributed by atoms with van der Waals surface area (Å²) in [6.07, 6.45) is 6.84. The molecule has 0 bridgehead atoms. The van der Waals surface area contributed by atoms with Gasteiger partial charge in [-0.2, -0.15) is 0 Å². The zero-order chi connectivity index (χ0) is 16.9. The second kappa shape index (κ2) is 7.81. The van der Waals surface area contributed by atoms with E-state index in [1.54, 1.807) is 36.7 Å². The van der Waals surface area contributed by atoms with Crippen molar-refractivity contribution in [2.45, 2.75) is 44.2 Å². The molecule has 2 aromatic heterocycles. The highest BCUT2D eigenvalue weighted by molar-refractivity contribution is 6.29. The van der Waals surface area contributed by atoms with Crippen molar-refractivity contribution in [3.05, 3.63) is 53.2 Å². The number of carbonyl (C=O) groups excluding carboxylic acids is 1. The zero-order valence-electron chi connectivity index (χ0n) is 13.4. The van der Waals surface area contributed by atoms with Crippen LogP contribution in [0.15, 0.2) is 41.1 Å². The number of rotatable bonds is 4. The molecule has 5 nitrogen and oxygen atoms in total. The standard InChI is InChI=1S/C18H21ClN2O3/c19-17-11-13(7-8-20-17)18(23)21-9-3-1-2-5-14(21)12-15(22)16-6-4-10-24-16/h4,6-8,10-11,14-15,22H,1-3,5,9,12H2. The topological polar surface area (TPSA) is 66.6 Å². The van der Waals surface area contributed by atoms with Crippen LogP contribution in [0, 0.1) is 0 Å². The van der Waals surface area contributed by atoms with Gasteiger partial charge in [-0.25, -0.2) is 4.98 Å². The second-order valence-electron chi connectivity index (χ2n) is 6.14. The molecule has 6 heteroatoms. The Labute approximate surface area is 146 Å². The summed E-state index contributed by atoms with van der Waals surface area (Å²) < 4.78 is 5.29. The van der Waals surface area contributed by atoms with E-state index in [0.717, 1.165) is 25.7 Å². The van der Waals surface area contributed by atoms with Crippen LogP contribution in [-0.4, -0.2) is 33.5 Å². The average molecular weight is 349 g/mol. The predicted octanol–water partition coefficient (Wildman–Crippen LogP) is 3.84. The van der Waals surface area contributed by atoms with Gasteiger partial charge in [-0.05, 0) is 37.1 Å². The Bertz CT molecular complexity index is 675. The van der Waals surface area contributed by atoms with Gasteiger partial charge in [-0.15, -0.1) is 0 Å². The van der Waals surface area contributed by atoms with Gasteiger partial charge in [-0.1, -0.05) is 24.4 Å². The van der Waals surface area contributed by atoms with Gasteiger partial charge < -0.3 is 14.4 Å². The summed E-state index contributed by atoms with van der Waals surface area (Å²) in [5.74, 6) is 0.483. The van der Waals surface area contributed by atoms with Crippen LogP contribution in [0.3, 0.4) is 0 Å². The van der Waals surface area contributed by atoms with Gasteiger partial charge >= 0.3 is 0 Å². The molecule has 0 spiro atoms. The van der Waals surface area contributed by atoms with E-state index in [4.69, 9.17) is 16.0 Å². The van der Waals surface area contributed by atoms with E-state index in [0.29, 0.717) is 29.4 Å². The normalized spacial score (nSPS) is 19.8. The van der Waals surface area contributed by atoms with Crippen LogP contribution >= 0.6 is 11.6 Å². The Morgan fingerprint density at radius 2 is 2.29 bits per heavy atom. The molecule has 0 radical (unpaired) electrons. The molecule has 0 aliphatic carbocycles. The number of aliphatic hydroxyl groups excluding tert-OH is 1. The third kappa shape index (κ3) is 3.97. The van der Waals surface area contributed by atoms with Crippen molar-refractivity contribution >= 4 is 17.5 Å². The summed E-state index contributed by atoms with van der Waals surface area (Å²) in [5.41, 5.74) is 0.536. The fourth-order valence-electron chi connectivity index (χ4n) is 3.25. The molecular weight excluding hydrogens is 328 g/mol. The number of pyridine rings is 1. The molecule has 1 aliphatic heterocycles. The van der Waals surface area contributed by atoms with Gasteiger partial charge in [0.1, 0.15) is 17.0 Å². The molecule has 24 heavy (non-hydrogen) atoms. The minimum Gasteiger partial charge on any atom is -0.467 e. The summed E-state index contributed by atoms with van der Waals surface area (Å²) in [6.45, 7) is 0.689. The molecule has 128 valence electrons. The number of aliphatic hydroxyl groups is 1. The molecule has 1 fully saturated rings. The molecule has 2 atom stereocenters. The third-order valence-corrected chi connectivity index (χ3v) is 4.69. The van der Waals surface area contributed by atoms with Crippen LogP contribution in [-0.2, 0) is 0 Å². The first kappa shape index (κ1) is 17.0. The van der Waals surface area contributed by atoms with E-state index < -0.39 is 6.10 Å². The lowest BCUT2D eigenvalue weighted by molar-refractivity contribution is 0.0557. The minimum atomic E-state index is -0.709. The van der Waals surface area contributed by atoms with Crippen molar-refractivity contribution < 1.29 is 14.3 Å². The predicted molar refractivity (Wildman–Crippen MR) is 90.8 cm³/mol. The van der Waals surface area contributed by atoms with E-state index in [-0.39, 0.29) is 11.9 Å². The third-order valence-electron chi connectivity index (χ3n) is 4.48. The smallest absolute Gasteiger partial charge is 0.254 e. The van der Waals surface area contributed by atoms with Crippen molar-refractivity contribution in [2.75, 3.05) is 6.54 Å².